The second-order valence-corrected chi connectivity index (χ2v) is 4.12. The fraction of sp³-hybridized carbons (Fsp3) is 0.333. The zero-order chi connectivity index (χ0) is 9.68. The highest BCUT2D eigenvalue weighted by atomic mass is 35.5. The molecule has 0 aliphatic heterocycles. The maximum atomic E-state index is 5.99. The van der Waals surface area contributed by atoms with Gasteiger partial charge in [-0.2, -0.15) is 0 Å². The number of thioether (sulfide) groups is 1. The second kappa shape index (κ2) is 5.37. The summed E-state index contributed by atoms with van der Waals surface area (Å²) < 4.78 is 0. The predicted molar refractivity (Wildman–Crippen MR) is 60.5 cm³/mol. The SMILES string of the molecule is CNCCSc1c(N)cccc1Cl. The Balaban J connectivity index is 2.64. The monoisotopic (exact) mass is 216 g/mol. The van der Waals surface area contributed by atoms with Crippen molar-refractivity contribution in [3.8, 4) is 0 Å². The van der Waals surface area contributed by atoms with Crippen LogP contribution in [0.4, 0.5) is 5.69 Å². The Hall–Kier alpha value is -0.380. The Morgan fingerprint density at radius 3 is 2.92 bits per heavy atom. The molecular weight excluding hydrogens is 204 g/mol. The van der Waals surface area contributed by atoms with Crippen molar-refractivity contribution in [3.63, 3.8) is 0 Å². The van der Waals surface area contributed by atoms with E-state index in [1.54, 1.807) is 11.8 Å². The Bertz CT molecular complexity index is 258. The van der Waals surface area contributed by atoms with Gasteiger partial charge in [0.1, 0.15) is 0 Å². The molecular formula is C9H13ClN2S. The largest absolute Gasteiger partial charge is 0.398 e. The Morgan fingerprint density at radius 2 is 2.31 bits per heavy atom. The molecule has 0 saturated carbocycles. The number of nitrogen functional groups attached to an aromatic ring is 1. The van der Waals surface area contributed by atoms with Crippen LogP contribution in [-0.4, -0.2) is 19.3 Å². The van der Waals surface area contributed by atoms with Gasteiger partial charge in [0.2, 0.25) is 0 Å². The molecule has 2 nitrogen and oxygen atoms in total. The van der Waals surface area contributed by atoms with Crippen molar-refractivity contribution in [1.29, 1.82) is 0 Å². The molecule has 0 spiro atoms. The maximum absolute atomic E-state index is 5.99. The van der Waals surface area contributed by atoms with E-state index in [-0.39, 0.29) is 0 Å². The lowest BCUT2D eigenvalue weighted by Gasteiger charge is -2.06. The van der Waals surface area contributed by atoms with Crippen LogP contribution >= 0.6 is 23.4 Å². The maximum Gasteiger partial charge on any atom is 0.0562 e. The van der Waals surface area contributed by atoms with E-state index in [4.69, 9.17) is 17.3 Å². The van der Waals surface area contributed by atoms with Gasteiger partial charge in [0, 0.05) is 22.9 Å². The van der Waals surface area contributed by atoms with Gasteiger partial charge in [-0.05, 0) is 19.2 Å². The van der Waals surface area contributed by atoms with Gasteiger partial charge in [-0.3, -0.25) is 0 Å². The normalized spacial score (nSPS) is 10.3. The minimum atomic E-state index is 0.737. The van der Waals surface area contributed by atoms with Crippen molar-refractivity contribution in [2.45, 2.75) is 4.90 Å². The summed E-state index contributed by atoms with van der Waals surface area (Å²) in [6, 6.07) is 5.59. The number of nitrogens with one attached hydrogen (secondary N) is 1. The number of hydrogen-bond acceptors (Lipinski definition) is 3. The van der Waals surface area contributed by atoms with E-state index in [0.717, 1.165) is 27.9 Å². The number of halogens is 1. The molecule has 0 amide bonds. The topological polar surface area (TPSA) is 38.0 Å². The first-order valence-electron chi connectivity index (χ1n) is 4.07. The predicted octanol–water partition coefficient (Wildman–Crippen LogP) is 2.23. The van der Waals surface area contributed by atoms with Crippen molar-refractivity contribution in [3.05, 3.63) is 23.2 Å². The molecule has 0 heterocycles. The van der Waals surface area contributed by atoms with Crippen LogP contribution < -0.4 is 11.1 Å². The summed E-state index contributed by atoms with van der Waals surface area (Å²) >= 11 is 7.67. The highest BCUT2D eigenvalue weighted by Crippen LogP contribution is 2.31. The molecule has 0 unspecified atom stereocenters. The fourth-order valence-electron chi connectivity index (χ4n) is 0.933. The molecule has 1 aromatic carbocycles. The van der Waals surface area contributed by atoms with Gasteiger partial charge >= 0.3 is 0 Å². The second-order valence-electron chi connectivity index (χ2n) is 2.61. The molecule has 0 radical (unpaired) electrons. The Labute approximate surface area is 87.8 Å². The minimum Gasteiger partial charge on any atom is -0.398 e. The molecule has 0 atom stereocenters. The number of anilines is 1. The first-order chi connectivity index (χ1) is 6.25. The molecule has 13 heavy (non-hydrogen) atoms. The van der Waals surface area contributed by atoms with Gasteiger partial charge in [-0.25, -0.2) is 0 Å². The lowest BCUT2D eigenvalue weighted by Crippen LogP contribution is -2.09. The zero-order valence-electron chi connectivity index (χ0n) is 7.51. The van der Waals surface area contributed by atoms with Crippen molar-refractivity contribution in [2.75, 3.05) is 25.1 Å². The summed E-state index contributed by atoms with van der Waals surface area (Å²) in [4.78, 5) is 0.986. The average molecular weight is 217 g/mol. The summed E-state index contributed by atoms with van der Waals surface area (Å²) in [6.45, 7) is 0.954. The van der Waals surface area contributed by atoms with Gasteiger partial charge < -0.3 is 11.1 Å². The third-order valence-corrected chi connectivity index (χ3v) is 3.18. The van der Waals surface area contributed by atoms with E-state index < -0.39 is 0 Å². The third-order valence-electron chi connectivity index (χ3n) is 1.60. The molecule has 1 aromatic rings. The van der Waals surface area contributed by atoms with Gasteiger partial charge in [-0.1, -0.05) is 17.7 Å². The van der Waals surface area contributed by atoms with E-state index in [1.165, 1.54) is 0 Å². The highest BCUT2D eigenvalue weighted by molar-refractivity contribution is 7.99. The minimum absolute atomic E-state index is 0.737. The third kappa shape index (κ3) is 3.10. The summed E-state index contributed by atoms with van der Waals surface area (Å²) in [7, 11) is 1.93. The van der Waals surface area contributed by atoms with Gasteiger partial charge in [0.25, 0.3) is 0 Å². The lowest BCUT2D eigenvalue weighted by molar-refractivity contribution is 0.872. The van der Waals surface area contributed by atoms with Crippen molar-refractivity contribution in [1.82, 2.24) is 5.32 Å². The Kier molecular flexibility index (Phi) is 4.42. The van der Waals surface area contributed by atoms with Gasteiger partial charge in [0.05, 0.1) is 5.02 Å². The smallest absolute Gasteiger partial charge is 0.0562 e. The zero-order valence-corrected chi connectivity index (χ0v) is 9.08. The van der Waals surface area contributed by atoms with E-state index in [0.29, 0.717) is 0 Å². The molecule has 0 aliphatic rings. The molecule has 72 valence electrons. The van der Waals surface area contributed by atoms with Crippen LogP contribution in [0.25, 0.3) is 0 Å². The quantitative estimate of drug-likeness (QED) is 0.461. The van der Waals surface area contributed by atoms with Gasteiger partial charge in [-0.15, -0.1) is 11.8 Å². The molecule has 0 aliphatic carbocycles. The molecule has 1 rings (SSSR count). The first-order valence-corrected chi connectivity index (χ1v) is 5.43. The van der Waals surface area contributed by atoms with Gasteiger partial charge in [0.15, 0.2) is 0 Å². The van der Waals surface area contributed by atoms with Crippen LogP contribution in [0.5, 0.6) is 0 Å². The summed E-state index contributed by atoms with van der Waals surface area (Å²) in [6.07, 6.45) is 0. The van der Waals surface area contributed by atoms with Crippen LogP contribution in [-0.2, 0) is 0 Å². The number of nitrogens with two attached hydrogens (primary N) is 1. The summed E-state index contributed by atoms with van der Waals surface area (Å²) in [5.74, 6) is 0.977. The highest BCUT2D eigenvalue weighted by Gasteiger charge is 2.03. The Morgan fingerprint density at radius 1 is 1.54 bits per heavy atom. The van der Waals surface area contributed by atoms with E-state index >= 15 is 0 Å². The van der Waals surface area contributed by atoms with E-state index in [2.05, 4.69) is 5.32 Å². The van der Waals surface area contributed by atoms with Crippen LogP contribution in [0.2, 0.25) is 5.02 Å². The fourth-order valence-corrected chi connectivity index (χ4v) is 2.23. The van der Waals surface area contributed by atoms with Crippen LogP contribution in [0.1, 0.15) is 0 Å². The summed E-state index contributed by atoms with van der Waals surface area (Å²) in [5, 5.41) is 3.81. The molecule has 4 heteroatoms. The van der Waals surface area contributed by atoms with E-state index in [9.17, 15) is 0 Å². The van der Waals surface area contributed by atoms with Crippen molar-refractivity contribution in [2.24, 2.45) is 0 Å². The molecule has 0 bridgehead atoms. The van der Waals surface area contributed by atoms with Crippen molar-refractivity contribution >= 4 is 29.1 Å². The molecule has 0 saturated heterocycles. The van der Waals surface area contributed by atoms with Crippen LogP contribution in [0.15, 0.2) is 23.1 Å². The molecule has 0 fully saturated rings. The number of benzene rings is 1. The lowest BCUT2D eigenvalue weighted by atomic mass is 10.3. The number of rotatable bonds is 4. The van der Waals surface area contributed by atoms with Crippen LogP contribution in [0, 0.1) is 0 Å². The summed E-state index contributed by atoms with van der Waals surface area (Å²) in [5.41, 5.74) is 6.54. The molecule has 3 N–H and O–H groups in total. The van der Waals surface area contributed by atoms with E-state index in [1.807, 2.05) is 25.2 Å². The number of hydrogen-bond donors (Lipinski definition) is 2. The molecule has 0 aromatic heterocycles. The average Bonchev–Trinajstić information content (AvgIpc) is 2.10. The standard InChI is InChI=1S/C9H13ClN2S/c1-12-5-6-13-9-7(10)3-2-4-8(9)11/h2-4,12H,5-6,11H2,1H3. The first kappa shape index (κ1) is 10.7. The van der Waals surface area contributed by atoms with Crippen LogP contribution in [0.3, 0.4) is 0 Å². The van der Waals surface area contributed by atoms with Crippen molar-refractivity contribution < 1.29 is 0 Å².